The Morgan fingerprint density at radius 2 is 1.59 bits per heavy atom. The topological polar surface area (TPSA) is 58.5 Å². The second-order valence-corrected chi connectivity index (χ2v) is 7.06. The van der Waals surface area contributed by atoms with Crippen LogP contribution < -0.4 is 4.83 Å². The molecule has 0 radical (unpaired) electrons. The zero-order chi connectivity index (χ0) is 16.3. The highest BCUT2D eigenvalue weighted by Crippen LogP contribution is 2.12. The fraction of sp³-hybridized carbons (Fsp3) is 0.235. The van der Waals surface area contributed by atoms with Crippen molar-refractivity contribution in [2.45, 2.75) is 32.6 Å². The van der Waals surface area contributed by atoms with Gasteiger partial charge in [-0.1, -0.05) is 29.8 Å². The Morgan fingerprint density at radius 3 is 2.18 bits per heavy atom. The molecule has 0 spiro atoms. The van der Waals surface area contributed by atoms with Crippen LogP contribution in [0.25, 0.3) is 0 Å². The SMILES string of the molecule is C/C(=N/NS(=O)(=O)c1ccc(C)cc1)c1ccc(C)c(C)c1. The van der Waals surface area contributed by atoms with Crippen molar-refractivity contribution in [1.29, 1.82) is 0 Å². The van der Waals surface area contributed by atoms with Gasteiger partial charge in [0.1, 0.15) is 0 Å². The third-order valence-electron chi connectivity index (χ3n) is 3.59. The molecular formula is C17H20N2O2S. The highest BCUT2D eigenvalue weighted by Gasteiger charge is 2.12. The molecule has 116 valence electrons. The quantitative estimate of drug-likeness (QED) is 0.695. The Balaban J connectivity index is 2.22. The molecule has 2 aromatic rings. The fourth-order valence-corrected chi connectivity index (χ4v) is 2.79. The third-order valence-corrected chi connectivity index (χ3v) is 4.81. The summed E-state index contributed by atoms with van der Waals surface area (Å²) in [6.45, 7) is 7.74. The molecule has 0 saturated heterocycles. The summed E-state index contributed by atoms with van der Waals surface area (Å²) in [4.78, 5) is 2.49. The minimum Gasteiger partial charge on any atom is -0.200 e. The Hall–Kier alpha value is -2.14. The first-order chi connectivity index (χ1) is 10.3. The molecular weight excluding hydrogens is 296 g/mol. The van der Waals surface area contributed by atoms with Gasteiger partial charge in [-0.2, -0.15) is 18.4 Å². The van der Waals surface area contributed by atoms with E-state index in [9.17, 15) is 8.42 Å². The highest BCUT2D eigenvalue weighted by molar-refractivity contribution is 7.89. The van der Waals surface area contributed by atoms with Gasteiger partial charge in [0, 0.05) is 0 Å². The molecule has 0 amide bonds. The minimum atomic E-state index is -3.64. The van der Waals surface area contributed by atoms with Gasteiger partial charge in [0.2, 0.25) is 0 Å². The monoisotopic (exact) mass is 316 g/mol. The minimum absolute atomic E-state index is 0.203. The van der Waals surface area contributed by atoms with Crippen LogP contribution in [-0.4, -0.2) is 14.1 Å². The van der Waals surface area contributed by atoms with Crippen molar-refractivity contribution in [2.24, 2.45) is 5.10 Å². The number of rotatable bonds is 4. The van der Waals surface area contributed by atoms with Crippen LogP contribution in [0.4, 0.5) is 0 Å². The van der Waals surface area contributed by atoms with E-state index in [1.54, 1.807) is 31.2 Å². The lowest BCUT2D eigenvalue weighted by Crippen LogP contribution is -2.20. The van der Waals surface area contributed by atoms with Gasteiger partial charge in [-0.3, -0.25) is 0 Å². The van der Waals surface area contributed by atoms with Crippen molar-refractivity contribution in [3.8, 4) is 0 Å². The Bertz CT molecular complexity index is 807. The summed E-state index contributed by atoms with van der Waals surface area (Å²) in [5, 5.41) is 4.01. The number of nitrogens with one attached hydrogen (secondary N) is 1. The molecule has 0 aliphatic heterocycles. The summed E-state index contributed by atoms with van der Waals surface area (Å²) in [7, 11) is -3.64. The standard InChI is InChI=1S/C17H20N2O2S/c1-12-5-9-17(10-6-12)22(20,21)19-18-15(4)16-8-7-13(2)14(3)11-16/h5-11,19H,1-4H3/b18-15-. The second kappa shape index (κ2) is 6.32. The van der Waals surface area contributed by atoms with Gasteiger partial charge in [-0.15, -0.1) is 0 Å². The summed E-state index contributed by atoms with van der Waals surface area (Å²) in [6.07, 6.45) is 0. The van der Waals surface area contributed by atoms with Gasteiger partial charge < -0.3 is 0 Å². The molecule has 0 atom stereocenters. The van der Waals surface area contributed by atoms with Crippen LogP contribution in [0, 0.1) is 20.8 Å². The van der Waals surface area contributed by atoms with E-state index in [1.807, 2.05) is 39.0 Å². The summed E-state index contributed by atoms with van der Waals surface area (Å²) >= 11 is 0. The predicted molar refractivity (Wildman–Crippen MR) is 89.6 cm³/mol. The van der Waals surface area contributed by atoms with E-state index in [4.69, 9.17) is 0 Å². The number of hydrazone groups is 1. The van der Waals surface area contributed by atoms with Crippen molar-refractivity contribution < 1.29 is 8.42 Å². The van der Waals surface area contributed by atoms with Crippen LogP contribution in [0.5, 0.6) is 0 Å². The van der Waals surface area contributed by atoms with Gasteiger partial charge in [0.25, 0.3) is 10.0 Å². The molecule has 4 nitrogen and oxygen atoms in total. The number of hydrogen-bond acceptors (Lipinski definition) is 3. The van der Waals surface area contributed by atoms with E-state index in [0.29, 0.717) is 5.71 Å². The van der Waals surface area contributed by atoms with Crippen molar-refractivity contribution in [1.82, 2.24) is 4.83 Å². The number of sulfonamides is 1. The van der Waals surface area contributed by atoms with Crippen LogP contribution in [0.2, 0.25) is 0 Å². The van der Waals surface area contributed by atoms with Gasteiger partial charge in [-0.25, -0.2) is 0 Å². The summed E-state index contributed by atoms with van der Waals surface area (Å²) in [5.74, 6) is 0. The molecule has 0 aromatic heterocycles. The highest BCUT2D eigenvalue weighted by atomic mass is 32.2. The van der Waals surface area contributed by atoms with Crippen LogP contribution in [-0.2, 0) is 10.0 Å². The van der Waals surface area contributed by atoms with Gasteiger partial charge in [0.05, 0.1) is 10.6 Å². The largest absolute Gasteiger partial charge is 0.276 e. The molecule has 0 saturated carbocycles. The van der Waals surface area contributed by atoms with Crippen molar-refractivity contribution in [3.05, 3.63) is 64.7 Å². The van der Waals surface area contributed by atoms with Crippen molar-refractivity contribution in [2.75, 3.05) is 0 Å². The molecule has 0 aliphatic rings. The average molecular weight is 316 g/mol. The molecule has 0 fully saturated rings. The molecule has 2 aromatic carbocycles. The summed E-state index contributed by atoms with van der Waals surface area (Å²) < 4.78 is 24.4. The molecule has 22 heavy (non-hydrogen) atoms. The van der Waals surface area contributed by atoms with E-state index in [1.165, 1.54) is 5.56 Å². The first-order valence-electron chi connectivity index (χ1n) is 7.00. The lowest BCUT2D eigenvalue weighted by molar-refractivity contribution is 0.584. The molecule has 0 bridgehead atoms. The zero-order valence-electron chi connectivity index (χ0n) is 13.2. The molecule has 2 rings (SSSR count). The number of aryl methyl sites for hydroxylation is 3. The van der Waals surface area contributed by atoms with Crippen molar-refractivity contribution >= 4 is 15.7 Å². The van der Waals surface area contributed by atoms with Gasteiger partial charge in [0.15, 0.2) is 0 Å². The zero-order valence-corrected chi connectivity index (χ0v) is 14.0. The second-order valence-electron chi connectivity index (χ2n) is 5.40. The van der Waals surface area contributed by atoms with E-state index >= 15 is 0 Å². The average Bonchev–Trinajstić information content (AvgIpc) is 2.48. The third kappa shape index (κ3) is 3.74. The fourth-order valence-electron chi connectivity index (χ4n) is 1.93. The lowest BCUT2D eigenvalue weighted by atomic mass is 10.0. The van der Waals surface area contributed by atoms with Crippen LogP contribution in [0.1, 0.15) is 29.2 Å². The summed E-state index contributed by atoms with van der Waals surface area (Å²) in [6, 6.07) is 12.6. The van der Waals surface area contributed by atoms with Crippen LogP contribution >= 0.6 is 0 Å². The number of benzene rings is 2. The van der Waals surface area contributed by atoms with Gasteiger partial charge in [-0.05, 0) is 62.6 Å². The molecule has 0 unspecified atom stereocenters. The molecule has 5 heteroatoms. The van der Waals surface area contributed by atoms with Gasteiger partial charge >= 0.3 is 0 Å². The maximum Gasteiger partial charge on any atom is 0.276 e. The first kappa shape index (κ1) is 16.2. The summed E-state index contributed by atoms with van der Waals surface area (Å²) in [5.41, 5.74) is 4.87. The Kier molecular flexibility index (Phi) is 4.66. The molecule has 1 N–H and O–H groups in total. The Labute approximate surface area is 131 Å². The van der Waals surface area contributed by atoms with E-state index < -0.39 is 10.0 Å². The maximum atomic E-state index is 12.2. The first-order valence-corrected chi connectivity index (χ1v) is 8.48. The van der Waals surface area contributed by atoms with Crippen LogP contribution in [0.15, 0.2) is 52.5 Å². The van der Waals surface area contributed by atoms with Crippen molar-refractivity contribution in [3.63, 3.8) is 0 Å². The lowest BCUT2D eigenvalue weighted by Gasteiger charge is -2.07. The van der Waals surface area contributed by atoms with Crippen LogP contribution in [0.3, 0.4) is 0 Å². The molecule has 0 aliphatic carbocycles. The Morgan fingerprint density at radius 1 is 0.955 bits per heavy atom. The molecule has 0 heterocycles. The smallest absolute Gasteiger partial charge is 0.200 e. The normalized spacial score (nSPS) is 12.3. The predicted octanol–water partition coefficient (Wildman–Crippen LogP) is 3.31. The number of hydrogen-bond donors (Lipinski definition) is 1. The van der Waals surface area contributed by atoms with E-state index in [-0.39, 0.29) is 4.90 Å². The maximum absolute atomic E-state index is 12.2. The number of nitrogens with zero attached hydrogens (tertiary/aromatic N) is 1. The van der Waals surface area contributed by atoms with E-state index in [0.717, 1.165) is 16.7 Å². The van der Waals surface area contributed by atoms with E-state index in [2.05, 4.69) is 9.93 Å².